The number of nitrogens with one attached hydrogen (secondary N) is 1. The molecule has 1 aliphatic rings. The van der Waals surface area contributed by atoms with Crippen LogP contribution in [0.1, 0.15) is 29.7 Å². The number of amides is 2. The van der Waals surface area contributed by atoms with E-state index in [9.17, 15) is 14.4 Å². The van der Waals surface area contributed by atoms with Gasteiger partial charge in [0.1, 0.15) is 4.83 Å². The molecule has 1 fully saturated rings. The summed E-state index contributed by atoms with van der Waals surface area (Å²) in [5.74, 6) is 0.0538. The first kappa shape index (κ1) is 18.6. The Morgan fingerprint density at radius 1 is 1.31 bits per heavy atom. The Hall–Kier alpha value is -2.22. The zero-order valence-corrected chi connectivity index (χ0v) is 16.2. The topological polar surface area (TPSA) is 84.3 Å². The second-order valence-corrected chi connectivity index (χ2v) is 7.93. The highest BCUT2D eigenvalue weighted by molar-refractivity contribution is 7.18. The van der Waals surface area contributed by atoms with Crippen LogP contribution in [0, 0.1) is 19.8 Å². The third-order valence-electron chi connectivity index (χ3n) is 5.19. The highest BCUT2D eigenvalue weighted by Crippen LogP contribution is 2.25. The summed E-state index contributed by atoms with van der Waals surface area (Å²) in [7, 11) is 1.64. The van der Waals surface area contributed by atoms with Crippen molar-refractivity contribution in [2.75, 3.05) is 20.1 Å². The number of piperidine rings is 1. The zero-order valence-electron chi connectivity index (χ0n) is 15.4. The molecular formula is C18H24N4O3S. The summed E-state index contributed by atoms with van der Waals surface area (Å²) in [5.41, 5.74) is 0.891. The summed E-state index contributed by atoms with van der Waals surface area (Å²) in [6.07, 6.45) is 3.17. The van der Waals surface area contributed by atoms with Crippen LogP contribution in [-0.4, -0.2) is 46.4 Å². The minimum atomic E-state index is -0.0806. The van der Waals surface area contributed by atoms with Gasteiger partial charge in [-0.2, -0.15) is 0 Å². The van der Waals surface area contributed by atoms with Gasteiger partial charge in [-0.25, -0.2) is 4.98 Å². The number of thiophene rings is 1. The van der Waals surface area contributed by atoms with Crippen molar-refractivity contribution in [1.29, 1.82) is 0 Å². The number of carbonyl (C=O) groups is 2. The molecule has 7 nitrogen and oxygen atoms in total. The van der Waals surface area contributed by atoms with Gasteiger partial charge in [-0.15, -0.1) is 11.3 Å². The molecule has 0 bridgehead atoms. The number of carbonyl (C=O) groups excluding carboxylic acids is 2. The van der Waals surface area contributed by atoms with Gasteiger partial charge < -0.3 is 10.2 Å². The average Bonchev–Trinajstić information content (AvgIpc) is 2.95. The quantitative estimate of drug-likeness (QED) is 0.875. The Balaban J connectivity index is 1.63. The van der Waals surface area contributed by atoms with E-state index in [1.165, 1.54) is 22.2 Å². The highest BCUT2D eigenvalue weighted by atomic mass is 32.1. The standard InChI is InChI=1S/C18H24N4O3S/c1-11-12(2)26-17-15(11)18(25)22(10-20-17)9-6-14(23)21-7-4-13(5-8-21)16(24)19-3/h10,13H,4-9H2,1-3H3,(H,19,24). The number of hydrogen-bond acceptors (Lipinski definition) is 5. The van der Waals surface area contributed by atoms with Gasteiger partial charge in [-0.1, -0.05) is 0 Å². The van der Waals surface area contributed by atoms with Crippen LogP contribution < -0.4 is 10.9 Å². The van der Waals surface area contributed by atoms with Gasteiger partial charge in [0.15, 0.2) is 0 Å². The number of aryl methyl sites for hydroxylation is 3. The van der Waals surface area contributed by atoms with Gasteiger partial charge in [-0.05, 0) is 32.3 Å². The zero-order chi connectivity index (χ0) is 18.8. The lowest BCUT2D eigenvalue weighted by atomic mass is 9.96. The summed E-state index contributed by atoms with van der Waals surface area (Å²) in [4.78, 5) is 44.8. The Kier molecular flexibility index (Phi) is 5.41. The highest BCUT2D eigenvalue weighted by Gasteiger charge is 2.26. The summed E-state index contributed by atoms with van der Waals surface area (Å²) < 4.78 is 1.52. The molecule has 0 unspecified atom stereocenters. The molecular weight excluding hydrogens is 352 g/mol. The van der Waals surface area contributed by atoms with Gasteiger partial charge in [0, 0.05) is 43.9 Å². The lowest BCUT2D eigenvalue weighted by Crippen LogP contribution is -2.42. The number of likely N-dealkylation sites (tertiary alicyclic amines) is 1. The molecule has 0 aromatic carbocycles. The molecule has 0 spiro atoms. The van der Waals surface area contributed by atoms with Crippen molar-refractivity contribution >= 4 is 33.4 Å². The molecule has 3 rings (SSSR count). The van der Waals surface area contributed by atoms with E-state index < -0.39 is 0 Å². The molecule has 140 valence electrons. The Morgan fingerprint density at radius 2 is 2.00 bits per heavy atom. The lowest BCUT2D eigenvalue weighted by Gasteiger charge is -2.31. The van der Waals surface area contributed by atoms with Crippen LogP contribution in [0.4, 0.5) is 0 Å². The molecule has 2 amide bonds. The Labute approximate surface area is 156 Å². The fourth-order valence-electron chi connectivity index (χ4n) is 3.40. The third kappa shape index (κ3) is 3.51. The second kappa shape index (κ2) is 7.57. The smallest absolute Gasteiger partial charge is 0.262 e. The van der Waals surface area contributed by atoms with Crippen LogP contribution >= 0.6 is 11.3 Å². The number of fused-ring (bicyclic) bond motifs is 1. The maximum absolute atomic E-state index is 12.7. The molecule has 2 aromatic heterocycles. The monoisotopic (exact) mass is 376 g/mol. The van der Waals surface area contributed by atoms with E-state index in [4.69, 9.17) is 0 Å². The van der Waals surface area contributed by atoms with Crippen molar-refractivity contribution in [3.63, 3.8) is 0 Å². The van der Waals surface area contributed by atoms with Crippen LogP contribution in [0.2, 0.25) is 0 Å². The van der Waals surface area contributed by atoms with Crippen molar-refractivity contribution < 1.29 is 9.59 Å². The minimum Gasteiger partial charge on any atom is -0.359 e. The minimum absolute atomic E-state index is 0.0110. The number of hydrogen-bond donors (Lipinski definition) is 1. The van der Waals surface area contributed by atoms with Crippen LogP contribution in [-0.2, 0) is 16.1 Å². The second-order valence-electron chi connectivity index (χ2n) is 6.73. The first-order valence-corrected chi connectivity index (χ1v) is 9.68. The lowest BCUT2D eigenvalue weighted by molar-refractivity contribution is -0.135. The van der Waals surface area contributed by atoms with E-state index in [-0.39, 0.29) is 29.7 Å². The van der Waals surface area contributed by atoms with Gasteiger partial charge in [0.2, 0.25) is 11.8 Å². The molecule has 1 aliphatic heterocycles. The molecule has 2 aromatic rings. The van der Waals surface area contributed by atoms with Crippen LogP contribution in [0.3, 0.4) is 0 Å². The maximum Gasteiger partial charge on any atom is 0.262 e. The van der Waals surface area contributed by atoms with Crippen molar-refractivity contribution in [3.05, 3.63) is 27.1 Å². The molecule has 0 radical (unpaired) electrons. The average molecular weight is 376 g/mol. The van der Waals surface area contributed by atoms with Gasteiger partial charge in [-0.3, -0.25) is 19.0 Å². The van der Waals surface area contributed by atoms with E-state index in [0.29, 0.717) is 37.9 Å². The van der Waals surface area contributed by atoms with Crippen molar-refractivity contribution in [1.82, 2.24) is 19.8 Å². The van der Waals surface area contributed by atoms with E-state index in [0.717, 1.165) is 15.3 Å². The molecule has 0 atom stereocenters. The maximum atomic E-state index is 12.7. The first-order valence-electron chi connectivity index (χ1n) is 8.87. The first-order chi connectivity index (χ1) is 12.4. The fourth-order valence-corrected chi connectivity index (χ4v) is 4.39. The molecule has 8 heteroatoms. The van der Waals surface area contributed by atoms with E-state index in [1.807, 2.05) is 13.8 Å². The summed E-state index contributed by atoms with van der Waals surface area (Å²) in [6, 6.07) is 0. The predicted molar refractivity (Wildman–Crippen MR) is 101 cm³/mol. The van der Waals surface area contributed by atoms with Gasteiger partial charge in [0.25, 0.3) is 5.56 Å². The Morgan fingerprint density at radius 3 is 2.65 bits per heavy atom. The van der Waals surface area contributed by atoms with Crippen LogP contribution in [0.25, 0.3) is 10.2 Å². The summed E-state index contributed by atoms with van der Waals surface area (Å²) in [6.45, 7) is 5.42. The normalized spacial score (nSPS) is 15.4. The van der Waals surface area contributed by atoms with E-state index >= 15 is 0 Å². The molecule has 1 N–H and O–H groups in total. The molecule has 3 heterocycles. The van der Waals surface area contributed by atoms with Gasteiger partial charge >= 0.3 is 0 Å². The fraction of sp³-hybridized carbons (Fsp3) is 0.556. The summed E-state index contributed by atoms with van der Waals surface area (Å²) in [5, 5.41) is 3.33. The molecule has 0 saturated carbocycles. The van der Waals surface area contributed by atoms with E-state index in [1.54, 1.807) is 11.9 Å². The van der Waals surface area contributed by atoms with Crippen molar-refractivity contribution in [3.8, 4) is 0 Å². The van der Waals surface area contributed by atoms with Gasteiger partial charge in [0.05, 0.1) is 11.7 Å². The van der Waals surface area contributed by atoms with E-state index in [2.05, 4.69) is 10.3 Å². The number of aromatic nitrogens is 2. The largest absolute Gasteiger partial charge is 0.359 e. The van der Waals surface area contributed by atoms with Crippen molar-refractivity contribution in [2.45, 2.75) is 39.7 Å². The molecule has 0 aliphatic carbocycles. The van der Waals surface area contributed by atoms with Crippen molar-refractivity contribution in [2.24, 2.45) is 5.92 Å². The predicted octanol–water partition coefficient (Wildman–Crippen LogP) is 1.45. The van der Waals surface area contributed by atoms with Crippen LogP contribution in [0.15, 0.2) is 11.1 Å². The Bertz CT molecular complexity index is 894. The number of rotatable bonds is 4. The SMILES string of the molecule is CNC(=O)C1CCN(C(=O)CCn2cnc3sc(C)c(C)c3c2=O)CC1. The molecule has 1 saturated heterocycles. The summed E-state index contributed by atoms with van der Waals surface area (Å²) >= 11 is 1.52. The number of nitrogens with zero attached hydrogens (tertiary/aromatic N) is 3. The third-order valence-corrected chi connectivity index (χ3v) is 6.30. The van der Waals surface area contributed by atoms with Crippen LogP contribution in [0.5, 0.6) is 0 Å². The molecule has 26 heavy (non-hydrogen) atoms.